The Bertz CT molecular complexity index is 739. The Morgan fingerprint density at radius 2 is 1.81 bits per heavy atom. The monoisotopic (exact) mass is 374 g/mol. The highest BCUT2D eigenvalue weighted by molar-refractivity contribution is 5.91. The lowest BCUT2D eigenvalue weighted by Gasteiger charge is -2.63. The van der Waals surface area contributed by atoms with Crippen LogP contribution in [0, 0.1) is 28.6 Å². The Labute approximate surface area is 160 Å². The van der Waals surface area contributed by atoms with Crippen LogP contribution in [-0.4, -0.2) is 28.4 Å². The predicted molar refractivity (Wildman–Crippen MR) is 99.2 cm³/mol. The molecule has 0 spiro atoms. The number of carbonyl (C=O) groups is 3. The number of rotatable bonds is 2. The number of Topliss-reactive ketones (excluding diaryl/α,β-unsaturated/α-hetero) is 1. The van der Waals surface area contributed by atoms with Crippen LogP contribution in [0.5, 0.6) is 0 Å². The molecule has 0 radical (unpaired) electrons. The molecule has 0 bridgehead atoms. The molecule has 0 aromatic carbocycles. The molecule has 3 saturated carbocycles. The number of ketones is 2. The maximum atomic E-state index is 12.3. The molecule has 4 rings (SSSR count). The quantitative estimate of drug-likeness (QED) is 0.718. The summed E-state index contributed by atoms with van der Waals surface area (Å²) in [4.78, 5) is 36.1. The minimum absolute atomic E-state index is 0.0655. The van der Waals surface area contributed by atoms with Crippen molar-refractivity contribution in [3.63, 3.8) is 0 Å². The molecule has 0 amide bonds. The van der Waals surface area contributed by atoms with Gasteiger partial charge in [0.2, 0.25) is 0 Å². The van der Waals surface area contributed by atoms with Gasteiger partial charge in [0, 0.05) is 23.7 Å². The molecule has 5 heteroatoms. The van der Waals surface area contributed by atoms with Crippen LogP contribution in [0.4, 0.5) is 4.79 Å². The van der Waals surface area contributed by atoms with Crippen molar-refractivity contribution in [2.45, 2.75) is 77.7 Å². The van der Waals surface area contributed by atoms with E-state index in [2.05, 4.69) is 13.8 Å². The van der Waals surface area contributed by atoms with Crippen molar-refractivity contribution < 1.29 is 24.2 Å². The molecular formula is C22H30O5. The zero-order valence-corrected chi connectivity index (χ0v) is 16.5. The van der Waals surface area contributed by atoms with Crippen molar-refractivity contribution in [2.24, 2.45) is 28.6 Å². The predicted octanol–water partition coefficient (Wildman–Crippen LogP) is 4.54. The van der Waals surface area contributed by atoms with E-state index in [4.69, 9.17) is 4.74 Å². The highest BCUT2D eigenvalue weighted by Gasteiger charge is 2.68. The fourth-order valence-corrected chi connectivity index (χ4v) is 7.53. The van der Waals surface area contributed by atoms with Gasteiger partial charge >= 0.3 is 6.16 Å². The van der Waals surface area contributed by atoms with Gasteiger partial charge in [-0.1, -0.05) is 19.4 Å². The molecule has 0 aromatic rings. The third kappa shape index (κ3) is 2.39. The van der Waals surface area contributed by atoms with E-state index in [0.29, 0.717) is 25.2 Å². The Balaban J connectivity index is 1.81. The Morgan fingerprint density at radius 3 is 2.48 bits per heavy atom. The molecule has 6 atom stereocenters. The molecule has 0 unspecified atom stereocenters. The highest BCUT2D eigenvalue weighted by atomic mass is 16.7. The van der Waals surface area contributed by atoms with Crippen LogP contribution < -0.4 is 0 Å². The lowest BCUT2D eigenvalue weighted by Crippen LogP contribution is -2.65. The van der Waals surface area contributed by atoms with E-state index in [1.807, 2.05) is 0 Å². The van der Waals surface area contributed by atoms with Gasteiger partial charge in [-0.05, 0) is 69.3 Å². The third-order valence-electron chi connectivity index (χ3n) is 8.86. The largest absolute Gasteiger partial charge is 0.506 e. The van der Waals surface area contributed by atoms with Gasteiger partial charge < -0.3 is 9.84 Å². The molecule has 4 aliphatic carbocycles. The van der Waals surface area contributed by atoms with Crippen molar-refractivity contribution >= 4 is 17.7 Å². The summed E-state index contributed by atoms with van der Waals surface area (Å²) in [5, 5.41) is 9.64. The van der Waals surface area contributed by atoms with Crippen LogP contribution in [0.1, 0.15) is 72.1 Å². The van der Waals surface area contributed by atoms with Gasteiger partial charge in [0.1, 0.15) is 11.4 Å². The lowest BCUT2D eigenvalue weighted by atomic mass is 9.44. The summed E-state index contributed by atoms with van der Waals surface area (Å²) in [7, 11) is 0. The first-order valence-electron chi connectivity index (χ1n) is 10.3. The molecule has 4 aliphatic rings. The third-order valence-corrected chi connectivity index (χ3v) is 8.86. The molecule has 0 aliphatic heterocycles. The zero-order valence-electron chi connectivity index (χ0n) is 16.5. The van der Waals surface area contributed by atoms with E-state index in [1.165, 1.54) is 0 Å². The van der Waals surface area contributed by atoms with Crippen molar-refractivity contribution in [2.75, 3.05) is 0 Å². The second kappa shape index (κ2) is 5.92. The first-order valence-corrected chi connectivity index (χ1v) is 10.3. The second-order valence-corrected chi connectivity index (χ2v) is 9.72. The van der Waals surface area contributed by atoms with Gasteiger partial charge in [0.05, 0.1) is 0 Å². The van der Waals surface area contributed by atoms with Crippen LogP contribution in [0.3, 0.4) is 0 Å². The van der Waals surface area contributed by atoms with E-state index >= 15 is 0 Å². The number of hydrogen-bond donors (Lipinski definition) is 1. The van der Waals surface area contributed by atoms with E-state index in [1.54, 1.807) is 13.0 Å². The molecule has 0 aromatic heterocycles. The number of fused-ring (bicyclic) bond motifs is 5. The smallest absolute Gasteiger partial charge is 0.450 e. The number of carbonyl (C=O) groups excluding carboxylic acids is 2. The number of ether oxygens (including phenoxy) is 1. The Morgan fingerprint density at radius 1 is 1.07 bits per heavy atom. The SMILES string of the molecule is CC(=O)[C@H]1CC[C@H]2[C@@H]3CCC4=CC(=O)CC[C@]4(C)[C@@]3(OC(=O)O)CC[C@]12C. The topological polar surface area (TPSA) is 80.7 Å². The summed E-state index contributed by atoms with van der Waals surface area (Å²) < 4.78 is 5.82. The van der Waals surface area contributed by atoms with Crippen LogP contribution in [-0.2, 0) is 14.3 Å². The van der Waals surface area contributed by atoms with Gasteiger partial charge in [-0.15, -0.1) is 0 Å². The van der Waals surface area contributed by atoms with Gasteiger partial charge in [-0.3, -0.25) is 9.59 Å². The van der Waals surface area contributed by atoms with Crippen LogP contribution in [0.15, 0.2) is 11.6 Å². The standard InChI is InChI=1S/C22H30O5/c1-13(23)16-6-7-17-18-5-4-14-12-15(24)8-9-21(14,3)22(18,27-19(25)26)11-10-20(16,17)2/h12,16-18H,4-11H2,1-3H3,(H,25,26)/t16-,17+,18+,20-,21+,22-/m1/s1. The van der Waals surface area contributed by atoms with Crippen LogP contribution in [0.2, 0.25) is 0 Å². The van der Waals surface area contributed by atoms with E-state index in [-0.39, 0.29) is 28.8 Å². The summed E-state index contributed by atoms with van der Waals surface area (Å²) in [5.74, 6) is 0.896. The van der Waals surface area contributed by atoms with Crippen molar-refractivity contribution in [1.29, 1.82) is 0 Å². The number of hydrogen-bond acceptors (Lipinski definition) is 4. The molecule has 5 nitrogen and oxygen atoms in total. The summed E-state index contributed by atoms with van der Waals surface area (Å²) >= 11 is 0. The molecular weight excluding hydrogens is 344 g/mol. The first kappa shape index (κ1) is 18.7. The van der Waals surface area contributed by atoms with Crippen molar-refractivity contribution in [3.8, 4) is 0 Å². The fraction of sp³-hybridized carbons (Fsp3) is 0.773. The molecule has 148 valence electrons. The number of carboxylic acid groups (broad SMARTS) is 1. The van der Waals surface area contributed by atoms with Gasteiger partial charge in [-0.25, -0.2) is 4.79 Å². The summed E-state index contributed by atoms with van der Waals surface area (Å²) in [6.07, 6.45) is 6.62. The maximum absolute atomic E-state index is 12.3. The van der Waals surface area contributed by atoms with Crippen molar-refractivity contribution in [1.82, 2.24) is 0 Å². The Kier molecular flexibility index (Phi) is 4.10. The summed E-state index contributed by atoms with van der Waals surface area (Å²) in [6.45, 7) is 6.05. The zero-order chi connectivity index (χ0) is 19.6. The van der Waals surface area contributed by atoms with Gasteiger partial charge in [0.15, 0.2) is 5.78 Å². The summed E-state index contributed by atoms with van der Waals surface area (Å²) in [6, 6.07) is 0. The average molecular weight is 374 g/mol. The molecule has 27 heavy (non-hydrogen) atoms. The van der Waals surface area contributed by atoms with E-state index in [9.17, 15) is 19.5 Å². The molecule has 1 N–H and O–H groups in total. The minimum Gasteiger partial charge on any atom is -0.450 e. The van der Waals surface area contributed by atoms with Gasteiger partial charge in [0.25, 0.3) is 0 Å². The molecule has 0 saturated heterocycles. The van der Waals surface area contributed by atoms with Crippen molar-refractivity contribution in [3.05, 3.63) is 11.6 Å². The second-order valence-electron chi connectivity index (χ2n) is 9.72. The molecule has 0 heterocycles. The minimum atomic E-state index is -1.22. The normalized spacial score (nSPS) is 46.0. The summed E-state index contributed by atoms with van der Waals surface area (Å²) in [5.41, 5.74) is -0.192. The fourth-order valence-electron chi connectivity index (χ4n) is 7.53. The van der Waals surface area contributed by atoms with Crippen LogP contribution in [0.25, 0.3) is 0 Å². The highest BCUT2D eigenvalue weighted by Crippen LogP contribution is 2.69. The van der Waals surface area contributed by atoms with E-state index in [0.717, 1.165) is 37.7 Å². The maximum Gasteiger partial charge on any atom is 0.506 e. The lowest BCUT2D eigenvalue weighted by molar-refractivity contribution is -0.199. The Hall–Kier alpha value is -1.65. The van der Waals surface area contributed by atoms with Gasteiger partial charge in [-0.2, -0.15) is 0 Å². The average Bonchev–Trinajstić information content (AvgIpc) is 2.93. The first-order chi connectivity index (χ1) is 12.6. The molecule has 3 fully saturated rings. The van der Waals surface area contributed by atoms with Crippen LogP contribution >= 0.6 is 0 Å². The van der Waals surface area contributed by atoms with E-state index < -0.39 is 17.2 Å².